The minimum atomic E-state index is -0.395. The van der Waals surface area contributed by atoms with E-state index in [9.17, 15) is 4.79 Å². The predicted octanol–water partition coefficient (Wildman–Crippen LogP) is 1.65. The fourth-order valence-electron chi connectivity index (χ4n) is 0.196. The first-order valence-corrected chi connectivity index (χ1v) is 2.55. The van der Waals surface area contributed by atoms with Gasteiger partial charge in [0.2, 0.25) is 0 Å². The van der Waals surface area contributed by atoms with Crippen molar-refractivity contribution in [1.29, 1.82) is 0 Å². The van der Waals surface area contributed by atoms with Crippen LogP contribution in [-0.4, -0.2) is 5.97 Å². The number of hydrogen-bond acceptors (Lipinski definition) is 2. The molecule has 0 aliphatic carbocycles. The third kappa shape index (κ3) is 3.68. The zero-order valence-electron chi connectivity index (χ0n) is 4.77. The van der Waals surface area contributed by atoms with Gasteiger partial charge in [0.15, 0.2) is 5.22 Å². The van der Waals surface area contributed by atoms with Crippen LogP contribution in [0.4, 0.5) is 0 Å². The number of ether oxygens (including phenoxy) is 1. The van der Waals surface area contributed by atoms with E-state index in [1.165, 1.54) is 13.0 Å². The lowest BCUT2D eigenvalue weighted by Crippen LogP contribution is -1.92. The van der Waals surface area contributed by atoms with E-state index in [0.29, 0.717) is 0 Å². The third-order valence-electron chi connectivity index (χ3n) is 0.468. The zero-order valence-corrected chi connectivity index (χ0v) is 5.53. The van der Waals surface area contributed by atoms with Gasteiger partial charge in [-0.05, 0) is 24.6 Å². The summed E-state index contributed by atoms with van der Waals surface area (Å²) in [7, 11) is 0. The predicted molar refractivity (Wildman–Crippen MR) is 31.4 cm³/mol. The fraction of sp³-hybridized carbons (Fsp3) is 0.400. The van der Waals surface area contributed by atoms with E-state index in [2.05, 4.69) is 4.74 Å². The van der Waals surface area contributed by atoms with Crippen molar-refractivity contribution < 1.29 is 9.53 Å². The van der Waals surface area contributed by atoms with Crippen LogP contribution in [0, 0.1) is 0 Å². The first kappa shape index (κ1) is 7.50. The Balaban J connectivity index is 3.56. The van der Waals surface area contributed by atoms with Crippen molar-refractivity contribution in [1.82, 2.24) is 0 Å². The molecule has 0 aromatic carbocycles. The number of carbonyl (C=O) groups excluding carboxylic acids is 1. The molecule has 0 rings (SSSR count). The van der Waals surface area contributed by atoms with Gasteiger partial charge in [0.05, 0.1) is 0 Å². The Hall–Kier alpha value is -0.500. The molecule has 0 unspecified atom stereocenters. The van der Waals surface area contributed by atoms with E-state index in [-0.39, 0.29) is 5.22 Å². The molecule has 0 N–H and O–H groups in total. The Morgan fingerprint density at radius 3 is 2.38 bits per heavy atom. The summed E-state index contributed by atoms with van der Waals surface area (Å²) in [4.78, 5) is 10.1. The van der Waals surface area contributed by atoms with Crippen molar-refractivity contribution >= 4 is 17.6 Å². The Morgan fingerprint density at radius 1 is 1.75 bits per heavy atom. The van der Waals surface area contributed by atoms with Gasteiger partial charge in [-0.2, -0.15) is 0 Å². The van der Waals surface area contributed by atoms with Gasteiger partial charge in [0.1, 0.15) is 0 Å². The van der Waals surface area contributed by atoms with Gasteiger partial charge >= 0.3 is 5.97 Å². The summed E-state index contributed by atoms with van der Waals surface area (Å²) < 4.78 is 4.39. The Bertz CT molecular complexity index is 118. The van der Waals surface area contributed by atoms with Crippen LogP contribution in [0.25, 0.3) is 0 Å². The number of hydrogen-bond donors (Lipinski definition) is 0. The highest BCUT2D eigenvalue weighted by atomic mass is 35.5. The molecule has 46 valence electrons. The Kier molecular flexibility index (Phi) is 3.28. The highest BCUT2D eigenvalue weighted by Crippen LogP contribution is 2.01. The number of esters is 1. The number of allylic oxidation sites excluding steroid dienone is 1. The van der Waals surface area contributed by atoms with Crippen molar-refractivity contribution in [2.24, 2.45) is 0 Å². The standard InChI is InChI=1S/C5H7ClO2/c1-3-5(6)8-4(2)7/h3H,1-2H3/b5-3+. The van der Waals surface area contributed by atoms with E-state index >= 15 is 0 Å². The lowest BCUT2D eigenvalue weighted by Gasteiger charge is -1.93. The van der Waals surface area contributed by atoms with E-state index in [0.717, 1.165) is 0 Å². The average molecular weight is 135 g/mol. The largest absolute Gasteiger partial charge is 0.415 e. The maximum absolute atomic E-state index is 10.1. The summed E-state index contributed by atoms with van der Waals surface area (Å²) in [5.74, 6) is -0.395. The Labute approximate surface area is 53.1 Å². The van der Waals surface area contributed by atoms with E-state index in [1.807, 2.05) is 0 Å². The molecule has 0 fully saturated rings. The van der Waals surface area contributed by atoms with Crippen LogP contribution in [0.1, 0.15) is 13.8 Å². The number of halogens is 1. The summed E-state index contributed by atoms with van der Waals surface area (Å²) in [6.07, 6.45) is 1.50. The quantitative estimate of drug-likeness (QED) is 0.403. The van der Waals surface area contributed by atoms with Gasteiger partial charge in [0.25, 0.3) is 0 Å². The molecule has 0 saturated carbocycles. The molecule has 2 nitrogen and oxygen atoms in total. The number of carbonyl (C=O) groups is 1. The van der Waals surface area contributed by atoms with E-state index < -0.39 is 5.97 Å². The van der Waals surface area contributed by atoms with Crippen molar-refractivity contribution in [3.05, 3.63) is 11.3 Å². The van der Waals surface area contributed by atoms with Crippen LogP contribution in [0.2, 0.25) is 0 Å². The molecular formula is C5H7ClO2. The van der Waals surface area contributed by atoms with Crippen LogP contribution in [0.5, 0.6) is 0 Å². The first-order valence-electron chi connectivity index (χ1n) is 2.17. The molecule has 0 atom stereocenters. The maximum atomic E-state index is 10.1. The normalized spacial score (nSPS) is 11.1. The lowest BCUT2D eigenvalue weighted by molar-refractivity contribution is -0.135. The molecule has 0 radical (unpaired) electrons. The van der Waals surface area contributed by atoms with Gasteiger partial charge in [-0.3, -0.25) is 4.79 Å². The summed E-state index contributed by atoms with van der Waals surface area (Å²) in [5, 5.41) is 0.123. The summed E-state index contributed by atoms with van der Waals surface area (Å²) >= 11 is 5.28. The molecule has 0 aliphatic heterocycles. The third-order valence-corrected chi connectivity index (χ3v) is 0.764. The highest BCUT2D eigenvalue weighted by molar-refractivity contribution is 6.28. The minimum Gasteiger partial charge on any atom is -0.415 e. The van der Waals surface area contributed by atoms with E-state index in [1.54, 1.807) is 6.92 Å². The highest BCUT2D eigenvalue weighted by Gasteiger charge is 1.92. The van der Waals surface area contributed by atoms with Crippen LogP contribution < -0.4 is 0 Å². The minimum absolute atomic E-state index is 0.123. The van der Waals surface area contributed by atoms with Gasteiger partial charge in [-0.15, -0.1) is 0 Å². The molecule has 0 aromatic rings. The van der Waals surface area contributed by atoms with Crippen LogP contribution in [0.15, 0.2) is 11.3 Å². The molecule has 0 aliphatic rings. The van der Waals surface area contributed by atoms with Crippen molar-refractivity contribution in [2.45, 2.75) is 13.8 Å². The van der Waals surface area contributed by atoms with Gasteiger partial charge in [-0.25, -0.2) is 0 Å². The SMILES string of the molecule is C/C=C(\Cl)OC(C)=O. The Morgan fingerprint density at radius 2 is 2.25 bits per heavy atom. The summed E-state index contributed by atoms with van der Waals surface area (Å²) in [6, 6.07) is 0. The molecule has 0 heterocycles. The van der Waals surface area contributed by atoms with Crippen LogP contribution in [-0.2, 0) is 9.53 Å². The van der Waals surface area contributed by atoms with Crippen molar-refractivity contribution in [2.75, 3.05) is 0 Å². The zero-order chi connectivity index (χ0) is 6.57. The molecule has 0 bridgehead atoms. The molecule has 3 heteroatoms. The average Bonchev–Trinajstić information content (AvgIpc) is 1.65. The van der Waals surface area contributed by atoms with Gasteiger partial charge in [0, 0.05) is 6.92 Å². The smallest absolute Gasteiger partial charge is 0.308 e. The monoisotopic (exact) mass is 134 g/mol. The second-order valence-electron chi connectivity index (χ2n) is 1.19. The van der Waals surface area contributed by atoms with Gasteiger partial charge in [-0.1, -0.05) is 0 Å². The second kappa shape index (κ2) is 3.50. The topological polar surface area (TPSA) is 26.3 Å². The molecule has 0 aromatic heterocycles. The second-order valence-corrected chi connectivity index (χ2v) is 1.56. The lowest BCUT2D eigenvalue weighted by atomic mass is 10.7. The fourth-order valence-corrected chi connectivity index (χ4v) is 0.305. The van der Waals surface area contributed by atoms with E-state index in [4.69, 9.17) is 11.6 Å². The van der Waals surface area contributed by atoms with Gasteiger partial charge < -0.3 is 4.74 Å². The molecule has 0 saturated heterocycles. The van der Waals surface area contributed by atoms with Crippen molar-refractivity contribution in [3.63, 3.8) is 0 Å². The maximum Gasteiger partial charge on any atom is 0.308 e. The van der Waals surface area contributed by atoms with Crippen LogP contribution >= 0.6 is 11.6 Å². The molecule has 0 spiro atoms. The molecule has 8 heavy (non-hydrogen) atoms. The summed E-state index contributed by atoms with van der Waals surface area (Å²) in [5.41, 5.74) is 0. The molecule has 0 amide bonds. The van der Waals surface area contributed by atoms with Crippen molar-refractivity contribution in [3.8, 4) is 0 Å². The van der Waals surface area contributed by atoms with Crippen LogP contribution in [0.3, 0.4) is 0 Å². The first-order chi connectivity index (χ1) is 3.66. The number of rotatable bonds is 1. The molecular weight excluding hydrogens is 128 g/mol. The summed E-state index contributed by atoms with van der Waals surface area (Å²) in [6.45, 7) is 2.98.